The zero-order chi connectivity index (χ0) is 42.0. The highest BCUT2D eigenvalue weighted by molar-refractivity contribution is 5.98. The van der Waals surface area contributed by atoms with E-state index < -0.39 is 0 Å². The molecule has 0 atom stereocenters. The topological polar surface area (TPSA) is 69.4 Å². The maximum absolute atomic E-state index is 5.34. The molecule has 4 aromatic heterocycles. The molecule has 0 amide bonds. The van der Waals surface area contributed by atoms with E-state index in [1.165, 1.54) is 0 Å². The van der Waals surface area contributed by atoms with Gasteiger partial charge in [0, 0.05) is 18.0 Å². The molecule has 0 bridgehead atoms. The molecular formula is C57H38N6. The van der Waals surface area contributed by atoms with Gasteiger partial charge in [-0.2, -0.15) is 4.80 Å². The van der Waals surface area contributed by atoms with Gasteiger partial charge in [-0.1, -0.05) is 133 Å². The molecule has 0 N–H and O–H groups in total. The van der Waals surface area contributed by atoms with Gasteiger partial charge in [0.15, 0.2) is 0 Å². The van der Waals surface area contributed by atoms with Crippen LogP contribution in [0.25, 0.3) is 106 Å². The van der Waals surface area contributed by atoms with Gasteiger partial charge in [0.2, 0.25) is 0 Å². The van der Waals surface area contributed by atoms with Crippen LogP contribution in [0.1, 0.15) is 0 Å². The fourth-order valence-corrected chi connectivity index (χ4v) is 8.21. The van der Waals surface area contributed by atoms with Gasteiger partial charge in [-0.05, 0) is 146 Å². The number of rotatable bonds is 9. The zero-order valence-corrected chi connectivity index (χ0v) is 34.1. The lowest BCUT2D eigenvalue weighted by atomic mass is 9.90. The number of nitrogens with zero attached hydrogens (tertiary/aromatic N) is 6. The summed E-state index contributed by atoms with van der Waals surface area (Å²) in [4.78, 5) is 16.1. The minimum absolute atomic E-state index is 0.699. The fourth-order valence-electron chi connectivity index (χ4n) is 8.21. The van der Waals surface area contributed by atoms with E-state index in [9.17, 15) is 0 Å². The monoisotopic (exact) mass is 806 g/mol. The van der Waals surface area contributed by atoms with E-state index in [-0.39, 0.29) is 0 Å². The lowest BCUT2D eigenvalue weighted by molar-refractivity contribution is 0.765. The van der Waals surface area contributed by atoms with Crippen LogP contribution in [0, 0.1) is 0 Å². The van der Waals surface area contributed by atoms with Crippen LogP contribution in [0.2, 0.25) is 0 Å². The maximum Gasteiger partial charge on any atom is 0.121 e. The number of hydrogen-bond acceptors (Lipinski definition) is 5. The Bertz CT molecular complexity index is 3180. The summed E-state index contributed by atoms with van der Waals surface area (Å²) in [6.45, 7) is 0. The van der Waals surface area contributed by atoms with Crippen LogP contribution in [0.3, 0.4) is 0 Å². The molecule has 0 saturated heterocycles. The van der Waals surface area contributed by atoms with Gasteiger partial charge < -0.3 is 0 Å². The van der Waals surface area contributed by atoms with Gasteiger partial charge in [-0.25, -0.2) is 4.98 Å². The van der Waals surface area contributed by atoms with E-state index in [0.29, 0.717) is 11.4 Å². The van der Waals surface area contributed by atoms with Crippen LogP contribution in [-0.4, -0.2) is 29.9 Å². The number of aromatic nitrogens is 6. The molecule has 0 aliphatic carbocycles. The number of benzene rings is 7. The lowest BCUT2D eigenvalue weighted by Gasteiger charge is -2.14. The van der Waals surface area contributed by atoms with Crippen molar-refractivity contribution in [1.29, 1.82) is 0 Å². The van der Waals surface area contributed by atoms with Gasteiger partial charge in [-0.3, -0.25) is 9.97 Å². The Balaban J connectivity index is 1.17. The van der Waals surface area contributed by atoms with Gasteiger partial charge in [-0.15, -0.1) is 10.2 Å². The molecule has 0 radical (unpaired) electrons. The Kier molecular flexibility index (Phi) is 9.76. The summed E-state index contributed by atoms with van der Waals surface area (Å²) < 4.78 is 0. The third kappa shape index (κ3) is 7.69. The van der Waals surface area contributed by atoms with Gasteiger partial charge in [0.05, 0.1) is 28.5 Å². The molecule has 4 heterocycles. The maximum atomic E-state index is 5.34. The Morgan fingerprint density at radius 1 is 0.286 bits per heavy atom. The summed E-state index contributed by atoms with van der Waals surface area (Å²) in [5, 5.41) is 10.6. The summed E-state index contributed by atoms with van der Waals surface area (Å²) in [6.07, 6.45) is 3.56. The first-order chi connectivity index (χ1) is 31.2. The molecule has 0 aliphatic heterocycles. The molecule has 0 fully saturated rings. The van der Waals surface area contributed by atoms with Crippen molar-refractivity contribution in [3.8, 4) is 95.2 Å². The second-order valence-electron chi connectivity index (χ2n) is 15.5. The van der Waals surface area contributed by atoms with Crippen LogP contribution in [-0.2, 0) is 0 Å². The Labute approximate surface area is 365 Å². The van der Waals surface area contributed by atoms with Crippen molar-refractivity contribution in [2.75, 3.05) is 0 Å². The first kappa shape index (κ1) is 37.4. The highest BCUT2D eigenvalue weighted by Crippen LogP contribution is 2.40. The minimum Gasteiger partial charge on any atom is -0.255 e. The Hall–Kier alpha value is -8.61. The number of hydrogen-bond donors (Lipinski definition) is 0. The van der Waals surface area contributed by atoms with E-state index >= 15 is 0 Å². The molecule has 7 aromatic carbocycles. The van der Waals surface area contributed by atoms with Gasteiger partial charge in [0.25, 0.3) is 0 Å². The number of fused-ring (bicyclic) bond motifs is 1. The van der Waals surface area contributed by atoms with E-state index in [4.69, 9.17) is 15.2 Å². The predicted octanol–water partition coefficient (Wildman–Crippen LogP) is 13.9. The van der Waals surface area contributed by atoms with Crippen LogP contribution in [0.15, 0.2) is 231 Å². The average Bonchev–Trinajstić information content (AvgIpc) is 3.82. The molecule has 6 heteroatoms. The van der Waals surface area contributed by atoms with Crippen molar-refractivity contribution in [3.63, 3.8) is 0 Å². The molecule has 0 saturated carbocycles. The molecule has 296 valence electrons. The van der Waals surface area contributed by atoms with E-state index in [0.717, 1.165) is 94.9 Å². The molecular weight excluding hydrogens is 769 g/mol. The summed E-state index contributed by atoms with van der Waals surface area (Å²) in [5.41, 5.74) is 18.4. The zero-order valence-electron chi connectivity index (χ0n) is 34.1. The van der Waals surface area contributed by atoms with Crippen molar-refractivity contribution in [1.82, 2.24) is 29.9 Å². The lowest BCUT2D eigenvalue weighted by Crippen LogP contribution is -2.02. The second-order valence-corrected chi connectivity index (χ2v) is 15.5. The standard InChI is InChI=1S/C57H38N6/c1-5-17-39(18-6-1)43-29-44(40-19-7-2-8-20-40)32-47(31-43)48-35-51(49-33-45(41-21-9-3-10-22-41)30-46(34-49)42-23-11-4-12-24-42)57-56(36-48)61-63(62-57)50-37-54(52-25-13-15-27-58-52)60-55(38-50)53-26-14-16-28-59-53/h1-38H. The fraction of sp³-hybridized carbons (Fsp3) is 0. The normalized spacial score (nSPS) is 11.2. The minimum atomic E-state index is 0.699. The highest BCUT2D eigenvalue weighted by atomic mass is 15.5. The molecule has 6 nitrogen and oxygen atoms in total. The smallest absolute Gasteiger partial charge is 0.121 e. The summed E-state index contributed by atoms with van der Waals surface area (Å²) >= 11 is 0. The van der Waals surface area contributed by atoms with Crippen molar-refractivity contribution in [2.45, 2.75) is 0 Å². The SMILES string of the molecule is c1ccc(-c2cc(-c3ccccc3)cc(-c3cc(-c4cc(-c5ccccc5)cc(-c5ccccc5)c4)c4nn(-c5cc(-c6ccccn6)nc(-c6ccccn6)c5)nc4c3)c2)cc1. The predicted molar refractivity (Wildman–Crippen MR) is 256 cm³/mol. The summed E-state index contributed by atoms with van der Waals surface area (Å²) in [7, 11) is 0. The molecule has 11 aromatic rings. The third-order valence-corrected chi connectivity index (χ3v) is 11.3. The average molecular weight is 807 g/mol. The van der Waals surface area contributed by atoms with Gasteiger partial charge in [0.1, 0.15) is 11.0 Å². The first-order valence-corrected chi connectivity index (χ1v) is 21.0. The summed E-state index contributed by atoms with van der Waals surface area (Å²) in [6, 6.07) is 76.1. The van der Waals surface area contributed by atoms with Crippen LogP contribution < -0.4 is 0 Å². The second kappa shape index (κ2) is 16.4. The van der Waals surface area contributed by atoms with Crippen molar-refractivity contribution >= 4 is 11.0 Å². The third-order valence-electron chi connectivity index (χ3n) is 11.3. The highest BCUT2D eigenvalue weighted by Gasteiger charge is 2.19. The van der Waals surface area contributed by atoms with E-state index in [1.54, 1.807) is 17.2 Å². The molecule has 0 spiro atoms. The summed E-state index contributed by atoms with van der Waals surface area (Å²) in [5.74, 6) is 0. The van der Waals surface area contributed by atoms with Crippen molar-refractivity contribution < 1.29 is 0 Å². The van der Waals surface area contributed by atoms with Crippen LogP contribution in [0.5, 0.6) is 0 Å². The van der Waals surface area contributed by atoms with E-state index in [1.807, 2.05) is 48.5 Å². The van der Waals surface area contributed by atoms with Crippen LogP contribution in [0.4, 0.5) is 0 Å². The largest absolute Gasteiger partial charge is 0.255 e. The Morgan fingerprint density at radius 2 is 0.667 bits per heavy atom. The van der Waals surface area contributed by atoms with Crippen molar-refractivity contribution in [3.05, 3.63) is 231 Å². The molecule has 0 unspecified atom stereocenters. The van der Waals surface area contributed by atoms with Gasteiger partial charge >= 0.3 is 0 Å². The number of pyridine rings is 3. The molecule has 0 aliphatic rings. The quantitative estimate of drug-likeness (QED) is 0.145. The molecule has 63 heavy (non-hydrogen) atoms. The molecule has 11 rings (SSSR count). The van der Waals surface area contributed by atoms with Crippen molar-refractivity contribution in [2.24, 2.45) is 0 Å². The van der Waals surface area contributed by atoms with Crippen LogP contribution >= 0.6 is 0 Å². The first-order valence-electron chi connectivity index (χ1n) is 21.0. The van der Waals surface area contributed by atoms with E-state index in [2.05, 4.69) is 180 Å². The Morgan fingerprint density at radius 3 is 1.08 bits per heavy atom.